The number of carbonyl (C=O) groups excluding carboxylic acids is 2. The van der Waals surface area contributed by atoms with Crippen molar-refractivity contribution in [3.05, 3.63) is 109 Å². The minimum Gasteiger partial charge on any atom is -0.462 e. The van der Waals surface area contributed by atoms with E-state index in [2.05, 4.69) is 130 Å². The number of allylic oxidation sites excluding steroid dienone is 18. The SMILES string of the molecule is CC/C=C\C/C=C\C/C=C\C/C=C\CCCCCCCCC(=O)OCC(COCCCCCCCCCC/C=C\C/C=C\C/C=C\CC)OC(=O)CCCCCCCCCCC/C=C\C/C=C\CCCCC. The third kappa shape index (κ3) is 59.1. The van der Waals surface area contributed by atoms with Crippen molar-refractivity contribution in [3.63, 3.8) is 0 Å². The van der Waals surface area contributed by atoms with E-state index in [0.29, 0.717) is 19.4 Å². The lowest BCUT2D eigenvalue weighted by Crippen LogP contribution is -2.30. The van der Waals surface area contributed by atoms with Crippen LogP contribution < -0.4 is 0 Å². The molecule has 0 rings (SSSR count). The zero-order valence-electron chi connectivity index (χ0n) is 47.4. The average molecular weight is 1000 g/mol. The number of unbranched alkanes of at least 4 members (excludes halogenated alkanes) is 26. The molecule has 0 aliphatic rings. The van der Waals surface area contributed by atoms with Gasteiger partial charge in [-0.2, -0.15) is 0 Å². The highest BCUT2D eigenvalue weighted by atomic mass is 16.6. The smallest absolute Gasteiger partial charge is 0.306 e. The molecule has 0 spiro atoms. The predicted molar refractivity (Wildman–Crippen MR) is 316 cm³/mol. The molecule has 0 aromatic heterocycles. The van der Waals surface area contributed by atoms with Crippen LogP contribution in [0.1, 0.15) is 278 Å². The monoisotopic (exact) mass is 999 g/mol. The molecule has 1 unspecified atom stereocenters. The van der Waals surface area contributed by atoms with Crippen molar-refractivity contribution in [2.75, 3.05) is 19.8 Å². The van der Waals surface area contributed by atoms with Crippen LogP contribution in [0.4, 0.5) is 0 Å². The first-order valence-electron chi connectivity index (χ1n) is 30.4. The minimum atomic E-state index is -0.557. The van der Waals surface area contributed by atoms with E-state index in [-0.39, 0.29) is 25.2 Å². The Labute approximate surface area is 446 Å². The summed E-state index contributed by atoms with van der Waals surface area (Å²) in [5.41, 5.74) is 0. The Morgan fingerprint density at radius 3 is 1.00 bits per heavy atom. The molecule has 72 heavy (non-hydrogen) atoms. The van der Waals surface area contributed by atoms with Gasteiger partial charge in [-0.3, -0.25) is 9.59 Å². The molecule has 1 atom stereocenters. The Balaban J connectivity index is 4.34. The molecule has 0 aliphatic heterocycles. The zero-order valence-corrected chi connectivity index (χ0v) is 47.4. The molecule has 412 valence electrons. The maximum Gasteiger partial charge on any atom is 0.306 e. The van der Waals surface area contributed by atoms with Gasteiger partial charge in [-0.25, -0.2) is 0 Å². The number of carbonyl (C=O) groups is 2. The summed E-state index contributed by atoms with van der Waals surface area (Å²) in [6.07, 6.45) is 85.4. The van der Waals surface area contributed by atoms with E-state index in [1.54, 1.807) is 0 Å². The van der Waals surface area contributed by atoms with Crippen molar-refractivity contribution in [3.8, 4) is 0 Å². The molecule has 5 heteroatoms. The lowest BCUT2D eigenvalue weighted by atomic mass is 10.1. The van der Waals surface area contributed by atoms with E-state index in [4.69, 9.17) is 14.2 Å². The van der Waals surface area contributed by atoms with E-state index in [9.17, 15) is 9.59 Å². The molecule has 0 fully saturated rings. The molecule has 0 radical (unpaired) electrons. The molecular weight excluding hydrogens is 885 g/mol. The van der Waals surface area contributed by atoms with E-state index in [1.165, 1.54) is 135 Å². The van der Waals surface area contributed by atoms with Crippen LogP contribution in [-0.4, -0.2) is 37.9 Å². The molecule has 0 saturated heterocycles. The van der Waals surface area contributed by atoms with Crippen molar-refractivity contribution in [2.24, 2.45) is 0 Å². The summed E-state index contributed by atoms with van der Waals surface area (Å²) in [5, 5.41) is 0. The van der Waals surface area contributed by atoms with Crippen molar-refractivity contribution >= 4 is 11.9 Å². The molecule has 0 aromatic carbocycles. The van der Waals surface area contributed by atoms with Crippen molar-refractivity contribution in [1.82, 2.24) is 0 Å². The van der Waals surface area contributed by atoms with Crippen LogP contribution in [0.5, 0.6) is 0 Å². The van der Waals surface area contributed by atoms with Gasteiger partial charge in [0.15, 0.2) is 6.10 Å². The standard InChI is InChI=1S/C67H114O5/c1-4-7-10-13-16-19-22-25-28-31-34-36-39-42-45-48-51-54-57-60-66(68)71-64-65(63-70-62-59-56-53-50-47-44-41-38-33-30-27-24-21-18-15-12-9-6-3)72-67(69)61-58-55-52-49-46-43-40-37-35-32-29-26-23-20-17-14-11-8-5-2/h7,9-10,12,16-21,25-30,34,36,65H,4-6,8,11,13-15,22-24,31-33,35,37-64H2,1-3H3/b10-7-,12-9-,19-16-,20-17-,21-18-,28-25-,29-26-,30-27-,36-34-. The predicted octanol–water partition coefficient (Wildman–Crippen LogP) is 21.1. The zero-order chi connectivity index (χ0) is 52.0. The largest absolute Gasteiger partial charge is 0.462 e. The quantitative estimate of drug-likeness (QED) is 0.0345. The Morgan fingerprint density at radius 2 is 0.625 bits per heavy atom. The Hall–Kier alpha value is -3.44. The highest BCUT2D eigenvalue weighted by Crippen LogP contribution is 2.15. The lowest BCUT2D eigenvalue weighted by molar-refractivity contribution is -0.163. The van der Waals surface area contributed by atoms with Crippen LogP contribution in [0.2, 0.25) is 0 Å². The summed E-state index contributed by atoms with van der Waals surface area (Å²) in [4.78, 5) is 25.6. The van der Waals surface area contributed by atoms with E-state index >= 15 is 0 Å². The highest BCUT2D eigenvalue weighted by molar-refractivity contribution is 5.70. The molecular formula is C67H114O5. The summed E-state index contributed by atoms with van der Waals surface area (Å²) in [5.74, 6) is -0.419. The van der Waals surface area contributed by atoms with Gasteiger partial charge in [-0.05, 0) is 122 Å². The summed E-state index contributed by atoms with van der Waals surface area (Å²) >= 11 is 0. The fourth-order valence-corrected chi connectivity index (χ4v) is 8.31. The third-order valence-corrected chi connectivity index (χ3v) is 12.8. The van der Waals surface area contributed by atoms with Crippen molar-refractivity contribution in [1.29, 1.82) is 0 Å². The lowest BCUT2D eigenvalue weighted by Gasteiger charge is -2.18. The summed E-state index contributed by atoms with van der Waals surface area (Å²) < 4.78 is 17.5. The minimum absolute atomic E-state index is 0.0679. The van der Waals surface area contributed by atoms with Crippen LogP contribution in [0.3, 0.4) is 0 Å². The van der Waals surface area contributed by atoms with Gasteiger partial charge >= 0.3 is 11.9 Å². The molecule has 5 nitrogen and oxygen atoms in total. The molecule has 0 saturated carbocycles. The molecule has 0 N–H and O–H groups in total. The van der Waals surface area contributed by atoms with E-state index in [1.807, 2.05) is 0 Å². The second kappa shape index (κ2) is 61.9. The van der Waals surface area contributed by atoms with Crippen molar-refractivity contribution in [2.45, 2.75) is 284 Å². The van der Waals surface area contributed by atoms with Gasteiger partial charge in [0.05, 0.1) is 6.61 Å². The fraction of sp³-hybridized carbons (Fsp3) is 0.701. The van der Waals surface area contributed by atoms with Gasteiger partial charge in [0, 0.05) is 19.4 Å². The van der Waals surface area contributed by atoms with Crippen molar-refractivity contribution < 1.29 is 23.8 Å². The van der Waals surface area contributed by atoms with Gasteiger partial charge in [-0.15, -0.1) is 0 Å². The van der Waals surface area contributed by atoms with Gasteiger partial charge in [-0.1, -0.05) is 252 Å². The number of hydrogen-bond donors (Lipinski definition) is 0. The topological polar surface area (TPSA) is 61.8 Å². The average Bonchev–Trinajstić information content (AvgIpc) is 3.38. The Bertz CT molecular complexity index is 1410. The second-order valence-corrected chi connectivity index (χ2v) is 19.8. The van der Waals surface area contributed by atoms with Gasteiger partial charge in [0.25, 0.3) is 0 Å². The number of esters is 2. The number of rotatable bonds is 55. The number of hydrogen-bond acceptors (Lipinski definition) is 5. The Kier molecular flexibility index (Phi) is 58.9. The van der Waals surface area contributed by atoms with Gasteiger partial charge in [0.2, 0.25) is 0 Å². The summed E-state index contributed by atoms with van der Waals surface area (Å²) in [6.45, 7) is 7.57. The highest BCUT2D eigenvalue weighted by Gasteiger charge is 2.17. The molecule has 0 bridgehead atoms. The second-order valence-electron chi connectivity index (χ2n) is 19.8. The van der Waals surface area contributed by atoms with Crippen LogP contribution >= 0.6 is 0 Å². The molecule has 0 aliphatic carbocycles. The van der Waals surface area contributed by atoms with Crippen LogP contribution in [0, 0.1) is 0 Å². The van der Waals surface area contributed by atoms with E-state index < -0.39 is 6.10 Å². The first kappa shape index (κ1) is 68.6. The maximum absolute atomic E-state index is 12.9. The molecule has 0 heterocycles. The van der Waals surface area contributed by atoms with Crippen LogP contribution in [-0.2, 0) is 23.8 Å². The molecule has 0 aromatic rings. The van der Waals surface area contributed by atoms with Gasteiger partial charge < -0.3 is 14.2 Å². The maximum atomic E-state index is 12.9. The third-order valence-electron chi connectivity index (χ3n) is 12.8. The normalized spacial score (nSPS) is 13.0. The summed E-state index contributed by atoms with van der Waals surface area (Å²) in [6, 6.07) is 0. The molecule has 0 amide bonds. The van der Waals surface area contributed by atoms with Gasteiger partial charge in [0.1, 0.15) is 6.61 Å². The van der Waals surface area contributed by atoms with E-state index in [0.717, 1.165) is 109 Å². The first-order chi connectivity index (χ1) is 35.6. The summed E-state index contributed by atoms with van der Waals surface area (Å²) in [7, 11) is 0. The van der Waals surface area contributed by atoms with Crippen LogP contribution in [0.25, 0.3) is 0 Å². The number of ether oxygens (including phenoxy) is 3. The van der Waals surface area contributed by atoms with Crippen LogP contribution in [0.15, 0.2) is 109 Å². The Morgan fingerprint density at radius 1 is 0.319 bits per heavy atom. The fourth-order valence-electron chi connectivity index (χ4n) is 8.31. The first-order valence-corrected chi connectivity index (χ1v) is 30.4.